The van der Waals surface area contributed by atoms with Crippen molar-refractivity contribution >= 4 is 21.1 Å². The third-order valence-electron chi connectivity index (χ3n) is 4.30. The molecule has 0 aliphatic carbocycles. The third-order valence-corrected chi connectivity index (χ3v) is 5.99. The smallest absolute Gasteiger partial charge is 0.273 e. The zero-order valence-electron chi connectivity index (χ0n) is 14.2. The molecule has 0 saturated heterocycles. The molecule has 0 atom stereocenters. The van der Waals surface area contributed by atoms with Crippen LogP contribution >= 0.6 is 0 Å². The first-order valence-corrected chi connectivity index (χ1v) is 9.19. The van der Waals surface area contributed by atoms with Gasteiger partial charge in [-0.1, -0.05) is 13.0 Å². The Morgan fingerprint density at radius 3 is 2.50 bits per heavy atom. The minimum absolute atomic E-state index is 0.155. The number of hydrogen-bond donors (Lipinski definition) is 0. The highest BCUT2D eigenvalue weighted by Crippen LogP contribution is 2.29. The Balaban J connectivity index is 2.27. The van der Waals surface area contributed by atoms with E-state index >= 15 is 0 Å². The maximum absolute atomic E-state index is 13.2. The fourth-order valence-electron chi connectivity index (χ4n) is 2.68. The molecule has 0 bridgehead atoms. The highest BCUT2D eigenvalue weighted by Gasteiger charge is 2.24. The molecule has 1 aromatic heterocycles. The van der Waals surface area contributed by atoms with Gasteiger partial charge in [0, 0.05) is 0 Å². The molecule has 0 saturated carbocycles. The monoisotopic (exact) mass is 344 g/mol. The average Bonchev–Trinajstić information content (AvgIpc) is 2.98. The Morgan fingerprint density at radius 2 is 1.83 bits per heavy atom. The lowest BCUT2D eigenvalue weighted by molar-refractivity contribution is 0.402. The Bertz CT molecular complexity index is 1020. The topological polar surface area (TPSA) is 61.2 Å². The highest BCUT2D eigenvalue weighted by atomic mass is 32.2. The van der Waals surface area contributed by atoms with Gasteiger partial charge in [0.1, 0.15) is 17.0 Å². The first-order chi connectivity index (χ1) is 11.4. The number of methoxy groups -OCH3 is 1. The number of rotatable bonds is 4. The van der Waals surface area contributed by atoms with Crippen LogP contribution in [0.25, 0.3) is 11.0 Å². The summed E-state index contributed by atoms with van der Waals surface area (Å²) in [6, 6.07) is 8.99. The number of ether oxygens (including phenoxy) is 1. The molecule has 3 rings (SSSR count). The van der Waals surface area contributed by atoms with Crippen molar-refractivity contribution in [3.63, 3.8) is 0 Å². The second-order valence-corrected chi connectivity index (χ2v) is 7.59. The molecule has 0 radical (unpaired) electrons. The van der Waals surface area contributed by atoms with Crippen molar-refractivity contribution in [2.24, 2.45) is 0 Å². The van der Waals surface area contributed by atoms with Crippen LogP contribution in [-0.4, -0.2) is 24.5 Å². The predicted molar refractivity (Wildman–Crippen MR) is 94.2 cm³/mol. The van der Waals surface area contributed by atoms with Crippen molar-refractivity contribution in [2.45, 2.75) is 32.1 Å². The Morgan fingerprint density at radius 1 is 1.12 bits per heavy atom. The molecule has 0 N–H and O–H groups in total. The van der Waals surface area contributed by atoms with Gasteiger partial charge in [-0.05, 0) is 61.2 Å². The first-order valence-electron chi connectivity index (χ1n) is 7.75. The number of aryl methyl sites for hydroxylation is 3. The number of hydrogen-bond acceptors (Lipinski definition) is 4. The molecule has 0 aliphatic rings. The lowest BCUT2D eigenvalue weighted by atomic mass is 10.1. The van der Waals surface area contributed by atoms with Gasteiger partial charge < -0.3 is 4.74 Å². The van der Waals surface area contributed by atoms with E-state index in [1.807, 2.05) is 39.0 Å². The Labute approximate surface area is 142 Å². The van der Waals surface area contributed by atoms with E-state index < -0.39 is 10.0 Å². The van der Waals surface area contributed by atoms with Crippen molar-refractivity contribution in [1.82, 2.24) is 8.96 Å². The van der Waals surface area contributed by atoms with Crippen LogP contribution < -0.4 is 4.74 Å². The first kappa shape index (κ1) is 16.5. The standard InChI is InChI=1S/C18H20N2O3S/c1-5-14-6-7-17(23-4)18(10-14)24(21,22)20-11-19-15-8-12(2)13(3)9-16(15)20/h6-11H,5H2,1-4H3. The van der Waals surface area contributed by atoms with Crippen LogP contribution in [-0.2, 0) is 16.4 Å². The second kappa shape index (κ2) is 5.94. The van der Waals surface area contributed by atoms with E-state index in [2.05, 4.69) is 4.98 Å². The molecular formula is C18H20N2O3S. The molecule has 6 heteroatoms. The van der Waals surface area contributed by atoms with Gasteiger partial charge in [-0.2, -0.15) is 0 Å². The van der Waals surface area contributed by atoms with Gasteiger partial charge in [0.15, 0.2) is 0 Å². The third kappa shape index (κ3) is 2.57. The Kier molecular flexibility index (Phi) is 4.09. The van der Waals surface area contributed by atoms with Crippen LogP contribution in [0, 0.1) is 13.8 Å². The summed E-state index contributed by atoms with van der Waals surface area (Å²) in [6.45, 7) is 5.92. The summed E-state index contributed by atoms with van der Waals surface area (Å²) < 4.78 is 32.9. The summed E-state index contributed by atoms with van der Waals surface area (Å²) in [5.74, 6) is 0.331. The lowest BCUT2D eigenvalue weighted by Crippen LogP contribution is -2.13. The number of benzene rings is 2. The van der Waals surface area contributed by atoms with Gasteiger partial charge in [-0.3, -0.25) is 0 Å². The van der Waals surface area contributed by atoms with Gasteiger partial charge in [-0.25, -0.2) is 17.4 Å². The molecule has 0 unspecified atom stereocenters. The van der Waals surface area contributed by atoms with Crippen molar-refractivity contribution in [3.05, 3.63) is 53.3 Å². The second-order valence-electron chi connectivity index (χ2n) is 5.81. The molecular weight excluding hydrogens is 324 g/mol. The van der Waals surface area contributed by atoms with E-state index in [1.165, 1.54) is 17.4 Å². The molecule has 3 aromatic rings. The molecule has 0 amide bonds. The minimum atomic E-state index is -3.80. The van der Waals surface area contributed by atoms with E-state index in [-0.39, 0.29) is 4.90 Å². The fourth-order valence-corrected chi connectivity index (χ4v) is 4.18. The van der Waals surface area contributed by atoms with Crippen LogP contribution in [0.3, 0.4) is 0 Å². The van der Waals surface area contributed by atoms with E-state index in [4.69, 9.17) is 4.74 Å². The molecule has 0 spiro atoms. The number of imidazole rings is 1. The molecule has 1 heterocycles. The summed E-state index contributed by atoms with van der Waals surface area (Å²) in [5.41, 5.74) is 4.27. The minimum Gasteiger partial charge on any atom is -0.495 e. The van der Waals surface area contributed by atoms with Gasteiger partial charge in [0.25, 0.3) is 10.0 Å². The molecule has 126 valence electrons. The molecule has 2 aromatic carbocycles. The average molecular weight is 344 g/mol. The van der Waals surface area contributed by atoms with Crippen molar-refractivity contribution in [2.75, 3.05) is 7.11 Å². The number of fused-ring (bicyclic) bond motifs is 1. The summed E-state index contributed by atoms with van der Waals surface area (Å²) in [7, 11) is -2.33. The van der Waals surface area contributed by atoms with E-state index in [1.54, 1.807) is 12.1 Å². The number of aromatic nitrogens is 2. The van der Waals surface area contributed by atoms with Crippen molar-refractivity contribution in [3.8, 4) is 5.75 Å². The van der Waals surface area contributed by atoms with E-state index in [0.29, 0.717) is 16.8 Å². The summed E-state index contributed by atoms with van der Waals surface area (Å²) >= 11 is 0. The van der Waals surface area contributed by atoms with Crippen LogP contribution in [0.1, 0.15) is 23.6 Å². The van der Waals surface area contributed by atoms with Gasteiger partial charge in [0.2, 0.25) is 0 Å². The van der Waals surface area contributed by atoms with E-state index in [0.717, 1.165) is 23.1 Å². The molecule has 0 aliphatic heterocycles. The molecule has 24 heavy (non-hydrogen) atoms. The number of nitrogens with zero attached hydrogens (tertiary/aromatic N) is 2. The van der Waals surface area contributed by atoms with Crippen molar-refractivity contribution in [1.29, 1.82) is 0 Å². The van der Waals surface area contributed by atoms with Gasteiger partial charge >= 0.3 is 0 Å². The summed E-state index contributed by atoms with van der Waals surface area (Å²) in [4.78, 5) is 4.41. The zero-order chi connectivity index (χ0) is 17.5. The largest absolute Gasteiger partial charge is 0.495 e. The normalized spacial score (nSPS) is 11.8. The van der Waals surface area contributed by atoms with Gasteiger partial charge in [-0.15, -0.1) is 0 Å². The quantitative estimate of drug-likeness (QED) is 0.727. The Hall–Kier alpha value is -2.34. The SMILES string of the molecule is CCc1ccc(OC)c(S(=O)(=O)n2cnc3cc(C)c(C)cc32)c1. The predicted octanol–water partition coefficient (Wildman–Crippen LogP) is 3.46. The van der Waals surface area contributed by atoms with Crippen LogP contribution in [0.4, 0.5) is 0 Å². The molecule has 5 nitrogen and oxygen atoms in total. The fraction of sp³-hybridized carbons (Fsp3) is 0.278. The van der Waals surface area contributed by atoms with Crippen LogP contribution in [0.15, 0.2) is 41.6 Å². The van der Waals surface area contributed by atoms with Crippen molar-refractivity contribution < 1.29 is 13.2 Å². The van der Waals surface area contributed by atoms with E-state index in [9.17, 15) is 8.42 Å². The van der Waals surface area contributed by atoms with Crippen LogP contribution in [0.5, 0.6) is 5.75 Å². The highest BCUT2D eigenvalue weighted by molar-refractivity contribution is 7.90. The molecule has 0 fully saturated rings. The zero-order valence-corrected chi connectivity index (χ0v) is 15.0. The lowest BCUT2D eigenvalue weighted by Gasteiger charge is -2.12. The van der Waals surface area contributed by atoms with Gasteiger partial charge in [0.05, 0.1) is 18.1 Å². The maximum Gasteiger partial charge on any atom is 0.273 e. The summed E-state index contributed by atoms with van der Waals surface area (Å²) in [5, 5.41) is 0. The summed E-state index contributed by atoms with van der Waals surface area (Å²) in [6.07, 6.45) is 2.10. The van der Waals surface area contributed by atoms with Crippen LogP contribution in [0.2, 0.25) is 0 Å². The maximum atomic E-state index is 13.2.